The lowest BCUT2D eigenvalue weighted by atomic mass is 9.56. The molecule has 0 saturated heterocycles. The highest BCUT2D eigenvalue weighted by atomic mass is 16.4. The maximum Gasteiger partial charge on any atom is 0.0840 e. The van der Waals surface area contributed by atoms with Gasteiger partial charge in [-0.05, 0) is 36.7 Å². The zero-order valence-corrected chi connectivity index (χ0v) is 10.2. The van der Waals surface area contributed by atoms with Crippen LogP contribution in [0.4, 0.5) is 0 Å². The highest BCUT2D eigenvalue weighted by Crippen LogP contribution is 2.58. The van der Waals surface area contributed by atoms with E-state index in [1.165, 1.54) is 24.8 Å². The van der Waals surface area contributed by atoms with Gasteiger partial charge in [0, 0.05) is 5.92 Å². The summed E-state index contributed by atoms with van der Waals surface area (Å²) in [4.78, 5) is 0. The molecule has 0 heterocycles. The standard InChI is InChI=1S/C13H21NO/c1-9-8-10(14-15)11-12(2,3)6-5-7-13(9,11)4/h8,11,15H,5-7H2,1-4H3/t11-,13-/m0/s1. The first-order valence-electron chi connectivity index (χ1n) is 5.82. The van der Waals surface area contributed by atoms with Crippen LogP contribution < -0.4 is 0 Å². The molecule has 0 aromatic heterocycles. The number of fused-ring (bicyclic) bond motifs is 1. The van der Waals surface area contributed by atoms with E-state index in [1.54, 1.807) is 0 Å². The van der Waals surface area contributed by atoms with Crippen LogP contribution in [0.3, 0.4) is 0 Å². The van der Waals surface area contributed by atoms with Crippen molar-refractivity contribution >= 4 is 5.71 Å². The Morgan fingerprint density at radius 2 is 2.00 bits per heavy atom. The summed E-state index contributed by atoms with van der Waals surface area (Å²) in [7, 11) is 0. The summed E-state index contributed by atoms with van der Waals surface area (Å²) in [6, 6.07) is 0. The average Bonchev–Trinajstić information content (AvgIpc) is 2.39. The van der Waals surface area contributed by atoms with Gasteiger partial charge in [0.1, 0.15) is 0 Å². The number of hydrogen-bond donors (Lipinski definition) is 1. The minimum absolute atomic E-state index is 0.226. The summed E-state index contributed by atoms with van der Waals surface area (Å²) in [5.41, 5.74) is 2.75. The number of oxime groups is 1. The molecule has 0 aliphatic heterocycles. The maximum absolute atomic E-state index is 9.11. The average molecular weight is 207 g/mol. The van der Waals surface area contributed by atoms with Crippen molar-refractivity contribution in [3.05, 3.63) is 11.6 Å². The van der Waals surface area contributed by atoms with Crippen LogP contribution in [-0.2, 0) is 0 Å². The molecular formula is C13H21NO. The quantitative estimate of drug-likeness (QED) is 0.477. The van der Waals surface area contributed by atoms with E-state index >= 15 is 0 Å². The predicted molar refractivity (Wildman–Crippen MR) is 62.2 cm³/mol. The van der Waals surface area contributed by atoms with Crippen LogP contribution in [-0.4, -0.2) is 10.9 Å². The summed E-state index contributed by atoms with van der Waals surface area (Å²) in [5.74, 6) is 0.392. The van der Waals surface area contributed by atoms with E-state index < -0.39 is 0 Å². The fraction of sp³-hybridized carbons (Fsp3) is 0.769. The minimum atomic E-state index is 0.226. The molecular weight excluding hydrogens is 186 g/mol. The van der Waals surface area contributed by atoms with Crippen LogP contribution >= 0.6 is 0 Å². The van der Waals surface area contributed by atoms with Gasteiger partial charge in [-0.2, -0.15) is 0 Å². The molecule has 0 bridgehead atoms. The van der Waals surface area contributed by atoms with E-state index in [1.807, 2.05) is 0 Å². The van der Waals surface area contributed by atoms with Gasteiger partial charge in [-0.25, -0.2) is 0 Å². The van der Waals surface area contributed by atoms with E-state index in [9.17, 15) is 0 Å². The monoisotopic (exact) mass is 207 g/mol. The van der Waals surface area contributed by atoms with Crippen LogP contribution in [0.2, 0.25) is 0 Å². The Morgan fingerprint density at radius 1 is 1.33 bits per heavy atom. The van der Waals surface area contributed by atoms with E-state index in [0.717, 1.165) is 5.71 Å². The zero-order valence-electron chi connectivity index (χ0n) is 10.2. The van der Waals surface area contributed by atoms with E-state index in [-0.39, 0.29) is 10.8 Å². The van der Waals surface area contributed by atoms with Crippen molar-refractivity contribution in [2.75, 3.05) is 0 Å². The Morgan fingerprint density at radius 3 is 2.60 bits per heavy atom. The molecule has 1 N–H and O–H groups in total. The third-order valence-corrected chi connectivity index (χ3v) is 4.61. The van der Waals surface area contributed by atoms with Crippen LogP contribution in [0.15, 0.2) is 16.8 Å². The van der Waals surface area contributed by atoms with Gasteiger partial charge in [-0.3, -0.25) is 0 Å². The van der Waals surface area contributed by atoms with Crippen molar-refractivity contribution in [3.8, 4) is 0 Å². The molecule has 2 rings (SSSR count). The number of nitrogens with zero attached hydrogens (tertiary/aromatic N) is 1. The molecule has 0 radical (unpaired) electrons. The fourth-order valence-corrected chi connectivity index (χ4v) is 3.77. The summed E-state index contributed by atoms with van der Waals surface area (Å²) in [6.07, 6.45) is 5.82. The van der Waals surface area contributed by atoms with Crippen LogP contribution in [0.25, 0.3) is 0 Å². The van der Waals surface area contributed by atoms with Crippen LogP contribution in [0.5, 0.6) is 0 Å². The molecule has 1 fully saturated rings. The molecule has 0 aromatic rings. The molecule has 0 unspecified atom stereocenters. The number of rotatable bonds is 0. The van der Waals surface area contributed by atoms with E-state index in [4.69, 9.17) is 5.21 Å². The second kappa shape index (κ2) is 3.10. The molecule has 0 aromatic carbocycles. The Kier molecular flexibility index (Phi) is 2.21. The Balaban J connectivity index is 2.48. The SMILES string of the molecule is CC1=CC(=NO)[C@H]2C(C)(C)CCC[C@@]12C. The third-order valence-electron chi connectivity index (χ3n) is 4.61. The van der Waals surface area contributed by atoms with E-state index in [0.29, 0.717) is 5.92 Å². The first-order valence-corrected chi connectivity index (χ1v) is 5.82. The van der Waals surface area contributed by atoms with Gasteiger partial charge in [0.2, 0.25) is 0 Å². The highest BCUT2D eigenvalue weighted by Gasteiger charge is 2.52. The molecule has 2 atom stereocenters. The summed E-state index contributed by atoms with van der Waals surface area (Å²) < 4.78 is 0. The first-order chi connectivity index (χ1) is 6.92. The molecule has 2 aliphatic carbocycles. The van der Waals surface area contributed by atoms with Gasteiger partial charge in [-0.1, -0.05) is 37.9 Å². The molecule has 2 nitrogen and oxygen atoms in total. The molecule has 2 aliphatic rings. The molecule has 2 heteroatoms. The zero-order chi connectivity index (χ0) is 11.3. The number of hydrogen-bond acceptors (Lipinski definition) is 2. The summed E-state index contributed by atoms with van der Waals surface area (Å²) in [5, 5.41) is 12.6. The third kappa shape index (κ3) is 1.34. The predicted octanol–water partition coefficient (Wildman–Crippen LogP) is 3.61. The van der Waals surface area contributed by atoms with Gasteiger partial charge < -0.3 is 5.21 Å². The lowest BCUT2D eigenvalue weighted by Crippen LogP contribution is -2.43. The Hall–Kier alpha value is -0.790. The second-order valence-corrected chi connectivity index (χ2v) is 6.04. The highest BCUT2D eigenvalue weighted by molar-refractivity contribution is 6.01. The van der Waals surface area contributed by atoms with Crippen molar-refractivity contribution in [1.82, 2.24) is 0 Å². The van der Waals surface area contributed by atoms with Gasteiger partial charge in [0.05, 0.1) is 5.71 Å². The van der Waals surface area contributed by atoms with Crippen LogP contribution in [0.1, 0.15) is 47.0 Å². The topological polar surface area (TPSA) is 32.6 Å². The largest absolute Gasteiger partial charge is 0.411 e. The van der Waals surface area contributed by atoms with Crippen molar-refractivity contribution < 1.29 is 5.21 Å². The van der Waals surface area contributed by atoms with Gasteiger partial charge in [0.15, 0.2) is 0 Å². The van der Waals surface area contributed by atoms with Gasteiger partial charge in [-0.15, -0.1) is 0 Å². The summed E-state index contributed by atoms with van der Waals surface area (Å²) in [6.45, 7) is 9.09. The minimum Gasteiger partial charge on any atom is -0.411 e. The Labute approximate surface area is 92.1 Å². The summed E-state index contributed by atoms with van der Waals surface area (Å²) >= 11 is 0. The smallest absolute Gasteiger partial charge is 0.0840 e. The maximum atomic E-state index is 9.11. The molecule has 84 valence electrons. The van der Waals surface area contributed by atoms with E-state index in [2.05, 4.69) is 38.9 Å². The number of allylic oxidation sites excluding steroid dienone is 2. The lowest BCUT2D eigenvalue weighted by Gasteiger charge is -2.48. The Bertz CT molecular complexity index is 340. The van der Waals surface area contributed by atoms with Crippen LogP contribution in [0, 0.1) is 16.7 Å². The van der Waals surface area contributed by atoms with Gasteiger partial charge in [0.25, 0.3) is 0 Å². The molecule has 0 amide bonds. The van der Waals surface area contributed by atoms with Crippen molar-refractivity contribution in [2.24, 2.45) is 21.9 Å². The molecule has 1 saturated carbocycles. The van der Waals surface area contributed by atoms with Crippen molar-refractivity contribution in [2.45, 2.75) is 47.0 Å². The van der Waals surface area contributed by atoms with Crippen molar-refractivity contribution in [1.29, 1.82) is 0 Å². The first kappa shape index (κ1) is 10.7. The van der Waals surface area contributed by atoms with Crippen molar-refractivity contribution in [3.63, 3.8) is 0 Å². The normalized spacial score (nSPS) is 41.5. The molecule has 0 spiro atoms. The molecule has 15 heavy (non-hydrogen) atoms. The van der Waals surface area contributed by atoms with Gasteiger partial charge >= 0.3 is 0 Å². The second-order valence-electron chi connectivity index (χ2n) is 6.04. The lowest BCUT2D eigenvalue weighted by molar-refractivity contribution is 0.0819. The fourth-order valence-electron chi connectivity index (χ4n) is 3.77.